The van der Waals surface area contributed by atoms with Crippen LogP contribution in [-0.2, 0) is 4.57 Å². The van der Waals surface area contributed by atoms with E-state index in [1.54, 1.807) is 0 Å². The lowest BCUT2D eigenvalue weighted by Gasteiger charge is -2.02. The molecule has 0 heterocycles. The highest BCUT2D eigenvalue weighted by molar-refractivity contribution is 7.57. The van der Waals surface area contributed by atoms with Crippen LogP contribution in [0.4, 0.5) is 0 Å². The van der Waals surface area contributed by atoms with Gasteiger partial charge in [-0.1, -0.05) is 0 Å². The monoisotopic (exact) mass is 153 g/mol. The van der Waals surface area contributed by atoms with Crippen LogP contribution in [0.1, 0.15) is 6.42 Å². The quantitative estimate of drug-likeness (QED) is 0.307. The van der Waals surface area contributed by atoms with E-state index < -0.39 is 7.37 Å². The number of hydrogen-bond donors (Lipinski definition) is 3. The van der Waals surface area contributed by atoms with Crippen LogP contribution in [-0.4, -0.2) is 29.5 Å². The second-order valence-electron chi connectivity index (χ2n) is 2.04. The predicted molar refractivity (Wildman–Crippen MR) is 35.0 cm³/mol. The van der Waals surface area contributed by atoms with Crippen LogP contribution in [0.2, 0.25) is 0 Å². The Morgan fingerprint density at radius 1 is 1.67 bits per heavy atom. The summed E-state index contributed by atoms with van der Waals surface area (Å²) in [6.07, 6.45) is 0.793. The Hall–Kier alpha value is 0.110. The van der Waals surface area contributed by atoms with Crippen molar-refractivity contribution in [3.63, 3.8) is 0 Å². The van der Waals surface area contributed by atoms with Crippen molar-refractivity contribution in [1.29, 1.82) is 0 Å². The highest BCUT2D eigenvalue weighted by Gasteiger charge is 2.07. The van der Waals surface area contributed by atoms with Gasteiger partial charge in [0.05, 0.1) is 0 Å². The lowest BCUT2D eigenvalue weighted by Crippen LogP contribution is -2.09. The summed E-state index contributed by atoms with van der Waals surface area (Å²) in [5.74, 6) is 0. The Labute approximate surface area is 54.3 Å². The molecule has 0 amide bonds. The minimum Gasteiger partial charge on any atom is -0.344 e. The number of hydrogen-bond acceptors (Lipinski definition) is 3. The average Bonchev–Trinajstić information content (AvgIpc) is 1.63. The van der Waals surface area contributed by atoms with Gasteiger partial charge in [0.1, 0.15) is 0 Å². The SMILES string of the molecule is CP(=O)(O)CCCNO. The molecule has 0 saturated heterocycles. The summed E-state index contributed by atoms with van der Waals surface area (Å²) in [6.45, 7) is 1.68. The maximum absolute atomic E-state index is 10.5. The molecule has 0 spiro atoms. The topological polar surface area (TPSA) is 69.6 Å². The standard InChI is InChI=1S/C4H12NO3P/c1-9(7,8)4-2-3-5-6/h5-6H,2-4H2,1H3,(H,7,8). The van der Waals surface area contributed by atoms with E-state index in [4.69, 9.17) is 10.1 Å². The van der Waals surface area contributed by atoms with Crippen molar-refractivity contribution in [1.82, 2.24) is 5.48 Å². The van der Waals surface area contributed by atoms with Gasteiger partial charge in [0.15, 0.2) is 7.37 Å². The molecule has 0 aliphatic heterocycles. The van der Waals surface area contributed by atoms with Crippen molar-refractivity contribution < 1.29 is 14.7 Å². The third-order valence-corrected chi connectivity index (χ3v) is 2.01. The first kappa shape index (κ1) is 9.11. The van der Waals surface area contributed by atoms with E-state index in [-0.39, 0.29) is 6.16 Å². The maximum atomic E-state index is 10.5. The molecule has 0 aromatic rings. The van der Waals surface area contributed by atoms with Gasteiger partial charge in [-0.15, -0.1) is 0 Å². The van der Waals surface area contributed by atoms with E-state index in [9.17, 15) is 4.57 Å². The zero-order chi connectivity index (χ0) is 7.33. The van der Waals surface area contributed by atoms with Crippen LogP contribution in [0.15, 0.2) is 0 Å². The summed E-state index contributed by atoms with van der Waals surface area (Å²) in [7, 11) is -2.85. The Bertz CT molecular complexity index is 110. The van der Waals surface area contributed by atoms with Crippen LogP contribution in [0.25, 0.3) is 0 Å². The van der Waals surface area contributed by atoms with Crippen molar-refractivity contribution in [2.75, 3.05) is 19.4 Å². The second-order valence-corrected chi connectivity index (χ2v) is 4.59. The zero-order valence-electron chi connectivity index (χ0n) is 5.37. The van der Waals surface area contributed by atoms with Gasteiger partial charge in [0.2, 0.25) is 0 Å². The molecule has 1 unspecified atom stereocenters. The third kappa shape index (κ3) is 8.11. The molecule has 1 atom stereocenters. The lowest BCUT2D eigenvalue weighted by atomic mass is 10.5. The molecule has 56 valence electrons. The molecule has 0 aromatic carbocycles. The fourth-order valence-electron chi connectivity index (χ4n) is 0.451. The second kappa shape index (κ2) is 4.01. The number of nitrogens with one attached hydrogen (secondary N) is 1. The average molecular weight is 153 g/mol. The number of rotatable bonds is 4. The van der Waals surface area contributed by atoms with E-state index in [2.05, 4.69) is 0 Å². The first-order valence-electron chi connectivity index (χ1n) is 2.72. The Morgan fingerprint density at radius 3 is 2.56 bits per heavy atom. The fourth-order valence-corrected chi connectivity index (χ4v) is 1.20. The fraction of sp³-hybridized carbons (Fsp3) is 1.00. The first-order valence-corrected chi connectivity index (χ1v) is 5.02. The summed E-state index contributed by atoms with van der Waals surface area (Å²) >= 11 is 0. The third-order valence-electron chi connectivity index (χ3n) is 0.862. The highest BCUT2D eigenvalue weighted by atomic mass is 31.2. The summed E-state index contributed by atoms with van der Waals surface area (Å²) in [5, 5.41) is 8.04. The summed E-state index contributed by atoms with van der Waals surface area (Å²) < 4.78 is 10.5. The van der Waals surface area contributed by atoms with Crippen LogP contribution in [0.3, 0.4) is 0 Å². The Kier molecular flexibility index (Phi) is 4.06. The summed E-state index contributed by atoms with van der Waals surface area (Å²) in [6, 6.07) is 0. The molecule has 0 radical (unpaired) electrons. The van der Waals surface area contributed by atoms with Gasteiger partial charge in [-0.3, -0.25) is 4.57 Å². The largest absolute Gasteiger partial charge is 0.344 e. The molecule has 9 heavy (non-hydrogen) atoms. The van der Waals surface area contributed by atoms with Crippen LogP contribution >= 0.6 is 7.37 Å². The minimum atomic E-state index is -2.85. The molecule has 3 N–H and O–H groups in total. The van der Waals surface area contributed by atoms with Gasteiger partial charge in [-0.05, 0) is 6.42 Å². The van der Waals surface area contributed by atoms with Gasteiger partial charge in [-0.2, -0.15) is 0 Å². The molecular formula is C4H12NO3P. The van der Waals surface area contributed by atoms with Gasteiger partial charge < -0.3 is 10.1 Å². The van der Waals surface area contributed by atoms with Gasteiger partial charge in [-0.25, -0.2) is 5.48 Å². The van der Waals surface area contributed by atoms with Crippen molar-refractivity contribution in [3.8, 4) is 0 Å². The van der Waals surface area contributed by atoms with Gasteiger partial charge in [0, 0.05) is 19.4 Å². The summed E-state index contributed by atoms with van der Waals surface area (Å²) in [4.78, 5) is 8.69. The van der Waals surface area contributed by atoms with Crippen molar-refractivity contribution in [2.45, 2.75) is 6.42 Å². The molecule has 4 nitrogen and oxygen atoms in total. The van der Waals surface area contributed by atoms with Crippen LogP contribution in [0, 0.1) is 0 Å². The molecule has 0 saturated carbocycles. The van der Waals surface area contributed by atoms with E-state index in [0.717, 1.165) is 0 Å². The molecule has 0 aromatic heterocycles. The highest BCUT2D eigenvalue weighted by Crippen LogP contribution is 2.35. The van der Waals surface area contributed by atoms with E-state index in [1.165, 1.54) is 6.66 Å². The first-order chi connectivity index (χ1) is 4.06. The predicted octanol–water partition coefficient (Wildman–Crippen LogP) is 0.255. The van der Waals surface area contributed by atoms with Crippen molar-refractivity contribution in [3.05, 3.63) is 0 Å². The van der Waals surface area contributed by atoms with E-state index in [1.807, 2.05) is 5.48 Å². The summed E-state index contributed by atoms with van der Waals surface area (Å²) in [5.41, 5.74) is 1.91. The maximum Gasteiger partial charge on any atom is 0.197 e. The van der Waals surface area contributed by atoms with Crippen LogP contribution in [0.5, 0.6) is 0 Å². The zero-order valence-corrected chi connectivity index (χ0v) is 6.27. The van der Waals surface area contributed by atoms with Gasteiger partial charge >= 0.3 is 0 Å². The lowest BCUT2D eigenvalue weighted by molar-refractivity contribution is 0.167. The minimum absolute atomic E-state index is 0.264. The van der Waals surface area contributed by atoms with Crippen LogP contribution < -0.4 is 5.48 Å². The number of hydroxylamine groups is 1. The van der Waals surface area contributed by atoms with Crippen molar-refractivity contribution in [2.24, 2.45) is 0 Å². The molecule has 0 fully saturated rings. The molecule has 5 heteroatoms. The Balaban J connectivity index is 3.18. The van der Waals surface area contributed by atoms with Crippen molar-refractivity contribution >= 4 is 7.37 Å². The van der Waals surface area contributed by atoms with Gasteiger partial charge in [0.25, 0.3) is 0 Å². The molecule has 0 aliphatic carbocycles. The molecule has 0 rings (SSSR count). The molecule has 0 bridgehead atoms. The van der Waals surface area contributed by atoms with E-state index >= 15 is 0 Å². The molecular weight excluding hydrogens is 141 g/mol. The van der Waals surface area contributed by atoms with E-state index in [0.29, 0.717) is 13.0 Å². The smallest absolute Gasteiger partial charge is 0.197 e. The molecule has 0 aliphatic rings. The normalized spacial score (nSPS) is 17.2. The Morgan fingerprint density at radius 2 is 2.22 bits per heavy atom.